The van der Waals surface area contributed by atoms with Crippen LogP contribution in [0.25, 0.3) is 0 Å². The lowest BCUT2D eigenvalue weighted by Gasteiger charge is -2.25. The second-order valence-corrected chi connectivity index (χ2v) is 9.12. The summed E-state index contributed by atoms with van der Waals surface area (Å²) in [6.07, 6.45) is 2.98. The van der Waals surface area contributed by atoms with E-state index in [1.165, 1.54) is 0 Å². The number of nitrogens with two attached hydrogens (primary N) is 1. The Hall–Kier alpha value is -1.60. The summed E-state index contributed by atoms with van der Waals surface area (Å²) in [4.78, 5) is 4.63. The van der Waals surface area contributed by atoms with E-state index in [0.717, 1.165) is 24.8 Å². The first-order valence-corrected chi connectivity index (χ1v) is 9.80. The van der Waals surface area contributed by atoms with Crippen molar-refractivity contribution in [1.29, 1.82) is 0 Å². The van der Waals surface area contributed by atoms with E-state index in [1.807, 2.05) is 20.8 Å². The summed E-state index contributed by atoms with van der Waals surface area (Å²) in [6.45, 7) is 7.67. The highest BCUT2D eigenvalue weighted by Crippen LogP contribution is 2.21. The molecule has 24 heavy (non-hydrogen) atoms. The molecule has 0 amide bonds. The van der Waals surface area contributed by atoms with Crippen molar-refractivity contribution in [3.05, 3.63) is 29.8 Å². The Kier molecular flexibility index (Phi) is 5.87. The number of aliphatic imine (C=N–C) groups is 1. The minimum absolute atomic E-state index is 0.139. The molecule has 7 heteroatoms. The minimum Gasteiger partial charge on any atom is -0.370 e. The van der Waals surface area contributed by atoms with E-state index in [1.54, 1.807) is 28.6 Å². The van der Waals surface area contributed by atoms with Gasteiger partial charge in [-0.1, -0.05) is 18.6 Å². The molecule has 1 aromatic rings. The van der Waals surface area contributed by atoms with E-state index in [0.29, 0.717) is 30.5 Å². The van der Waals surface area contributed by atoms with Crippen LogP contribution in [0, 0.1) is 0 Å². The third-order valence-electron chi connectivity index (χ3n) is 3.81. The summed E-state index contributed by atoms with van der Waals surface area (Å²) in [6, 6.07) is 6.90. The highest BCUT2D eigenvalue weighted by atomic mass is 32.2. The topological polar surface area (TPSA) is 87.8 Å². The maximum Gasteiger partial charge on any atom is 0.243 e. The normalized spacial score (nSPS) is 17.7. The van der Waals surface area contributed by atoms with E-state index in [9.17, 15) is 8.42 Å². The van der Waals surface area contributed by atoms with Gasteiger partial charge < -0.3 is 11.1 Å². The van der Waals surface area contributed by atoms with Crippen LogP contribution in [0.3, 0.4) is 0 Å². The summed E-state index contributed by atoms with van der Waals surface area (Å²) in [7, 11) is -3.37. The molecule has 1 fully saturated rings. The molecule has 2 rings (SSSR count). The monoisotopic (exact) mass is 352 g/mol. The van der Waals surface area contributed by atoms with Gasteiger partial charge in [0.2, 0.25) is 10.0 Å². The fourth-order valence-corrected chi connectivity index (χ4v) is 4.14. The summed E-state index contributed by atoms with van der Waals surface area (Å²) >= 11 is 0. The lowest BCUT2D eigenvalue weighted by Crippen LogP contribution is -2.44. The zero-order valence-corrected chi connectivity index (χ0v) is 15.6. The van der Waals surface area contributed by atoms with Gasteiger partial charge in [-0.05, 0) is 51.3 Å². The van der Waals surface area contributed by atoms with E-state index in [-0.39, 0.29) is 5.54 Å². The van der Waals surface area contributed by atoms with Crippen LogP contribution in [0.4, 0.5) is 0 Å². The Morgan fingerprint density at radius 3 is 2.29 bits per heavy atom. The van der Waals surface area contributed by atoms with Gasteiger partial charge in [-0.2, -0.15) is 4.31 Å². The van der Waals surface area contributed by atoms with Crippen LogP contribution in [-0.4, -0.2) is 37.3 Å². The van der Waals surface area contributed by atoms with Gasteiger partial charge in [0.05, 0.1) is 11.4 Å². The van der Waals surface area contributed by atoms with Gasteiger partial charge in [-0.25, -0.2) is 13.4 Å². The van der Waals surface area contributed by atoms with E-state index < -0.39 is 10.0 Å². The second-order valence-electron chi connectivity index (χ2n) is 7.19. The number of nitrogens with zero attached hydrogens (tertiary/aromatic N) is 2. The van der Waals surface area contributed by atoms with Gasteiger partial charge in [-0.15, -0.1) is 0 Å². The highest BCUT2D eigenvalue weighted by Gasteiger charge is 2.25. The number of rotatable bonds is 4. The molecule has 0 bridgehead atoms. The number of hydrogen-bond donors (Lipinski definition) is 2. The summed E-state index contributed by atoms with van der Waals surface area (Å²) in [5.41, 5.74) is 6.62. The molecule has 1 aliphatic heterocycles. The standard InChI is InChI=1S/C17H28N4O2S/c1-17(2,3)20-16(18)19-13-14-7-9-15(10-8-14)24(22,23)21-11-5-4-6-12-21/h7-10H,4-6,11-13H2,1-3H3,(H3,18,19,20). The van der Waals surface area contributed by atoms with E-state index >= 15 is 0 Å². The van der Waals surface area contributed by atoms with Gasteiger partial charge in [0.15, 0.2) is 5.96 Å². The van der Waals surface area contributed by atoms with Crippen LogP contribution >= 0.6 is 0 Å². The molecule has 0 aliphatic carbocycles. The fraction of sp³-hybridized carbons (Fsp3) is 0.588. The highest BCUT2D eigenvalue weighted by molar-refractivity contribution is 7.89. The largest absolute Gasteiger partial charge is 0.370 e. The van der Waals surface area contributed by atoms with Gasteiger partial charge >= 0.3 is 0 Å². The molecule has 0 unspecified atom stereocenters. The molecular formula is C17H28N4O2S. The molecule has 3 N–H and O–H groups in total. The predicted molar refractivity (Wildman–Crippen MR) is 97.3 cm³/mol. The lowest BCUT2D eigenvalue weighted by atomic mass is 10.1. The first kappa shape index (κ1) is 18.7. The van der Waals surface area contributed by atoms with Gasteiger partial charge in [-0.3, -0.25) is 0 Å². The molecule has 1 saturated heterocycles. The Morgan fingerprint density at radius 2 is 1.75 bits per heavy atom. The van der Waals surface area contributed by atoms with Crippen molar-refractivity contribution in [3.63, 3.8) is 0 Å². The van der Waals surface area contributed by atoms with Crippen molar-refractivity contribution in [3.8, 4) is 0 Å². The molecule has 1 aliphatic rings. The lowest BCUT2D eigenvalue weighted by molar-refractivity contribution is 0.346. The average Bonchev–Trinajstić information content (AvgIpc) is 2.52. The predicted octanol–water partition coefficient (Wildman–Crippen LogP) is 2.06. The Labute approximate surface area is 145 Å². The van der Waals surface area contributed by atoms with Gasteiger partial charge in [0.1, 0.15) is 0 Å². The number of piperidine rings is 1. The van der Waals surface area contributed by atoms with Crippen LogP contribution in [0.1, 0.15) is 45.6 Å². The average molecular weight is 353 g/mol. The first-order chi connectivity index (χ1) is 11.2. The zero-order valence-electron chi connectivity index (χ0n) is 14.7. The molecule has 6 nitrogen and oxygen atoms in total. The molecule has 134 valence electrons. The van der Waals surface area contributed by atoms with Crippen molar-refractivity contribution in [2.45, 2.75) is 57.0 Å². The number of benzene rings is 1. The molecule has 0 aromatic heterocycles. The van der Waals surface area contributed by atoms with Crippen molar-refractivity contribution in [2.24, 2.45) is 10.7 Å². The van der Waals surface area contributed by atoms with E-state index in [4.69, 9.17) is 5.73 Å². The number of sulfonamides is 1. The summed E-state index contributed by atoms with van der Waals surface area (Å²) in [5.74, 6) is 0.382. The van der Waals surface area contributed by atoms with Crippen LogP contribution in [-0.2, 0) is 16.6 Å². The van der Waals surface area contributed by atoms with Gasteiger partial charge in [0.25, 0.3) is 0 Å². The van der Waals surface area contributed by atoms with Crippen molar-refractivity contribution in [2.75, 3.05) is 13.1 Å². The van der Waals surface area contributed by atoms with Crippen molar-refractivity contribution in [1.82, 2.24) is 9.62 Å². The number of guanidine groups is 1. The van der Waals surface area contributed by atoms with Crippen LogP contribution in [0.5, 0.6) is 0 Å². The quantitative estimate of drug-likeness (QED) is 0.641. The van der Waals surface area contributed by atoms with Gasteiger partial charge in [0, 0.05) is 18.6 Å². The van der Waals surface area contributed by atoms with Crippen molar-refractivity contribution < 1.29 is 8.42 Å². The molecule has 0 atom stereocenters. The van der Waals surface area contributed by atoms with Crippen LogP contribution < -0.4 is 11.1 Å². The van der Waals surface area contributed by atoms with Crippen molar-refractivity contribution >= 4 is 16.0 Å². The third-order valence-corrected chi connectivity index (χ3v) is 5.72. The molecule has 0 spiro atoms. The SMILES string of the molecule is CC(C)(C)NC(N)=NCc1ccc(S(=O)(=O)N2CCCCC2)cc1. The fourth-order valence-electron chi connectivity index (χ4n) is 2.62. The first-order valence-electron chi connectivity index (χ1n) is 8.36. The Balaban J connectivity index is 2.03. The third kappa shape index (κ3) is 5.21. The molecule has 0 saturated carbocycles. The number of hydrogen-bond acceptors (Lipinski definition) is 3. The zero-order chi connectivity index (χ0) is 17.8. The molecule has 1 heterocycles. The Bertz CT molecular complexity index is 670. The van der Waals surface area contributed by atoms with E-state index in [2.05, 4.69) is 10.3 Å². The molecule has 1 aromatic carbocycles. The van der Waals surface area contributed by atoms with Crippen LogP contribution in [0.2, 0.25) is 0 Å². The smallest absolute Gasteiger partial charge is 0.243 e. The second kappa shape index (κ2) is 7.53. The minimum atomic E-state index is -3.37. The Morgan fingerprint density at radius 1 is 1.17 bits per heavy atom. The van der Waals surface area contributed by atoms with Crippen LogP contribution in [0.15, 0.2) is 34.2 Å². The maximum absolute atomic E-state index is 12.6. The number of nitrogens with one attached hydrogen (secondary N) is 1. The summed E-state index contributed by atoms with van der Waals surface area (Å²) < 4.78 is 26.8. The molecular weight excluding hydrogens is 324 g/mol. The maximum atomic E-state index is 12.6. The summed E-state index contributed by atoms with van der Waals surface area (Å²) in [5, 5.41) is 3.09. The molecule has 0 radical (unpaired) electrons.